The quantitative estimate of drug-likeness (QED) is 0.827. The summed E-state index contributed by atoms with van der Waals surface area (Å²) >= 11 is 0. The molecule has 0 spiro atoms. The van der Waals surface area contributed by atoms with E-state index < -0.39 is 0 Å². The Labute approximate surface area is 115 Å². The molecule has 2 heterocycles. The Balaban J connectivity index is 1.68. The molecular formula is C17H20N2. The summed E-state index contributed by atoms with van der Waals surface area (Å²) in [6, 6.07) is 14.9. The summed E-state index contributed by atoms with van der Waals surface area (Å²) in [5.74, 6) is 0. The molecule has 1 aliphatic heterocycles. The van der Waals surface area contributed by atoms with Crippen LogP contribution in [0.2, 0.25) is 0 Å². The topological polar surface area (TPSA) is 16.1 Å². The molecular weight excluding hydrogens is 232 g/mol. The first kappa shape index (κ1) is 12.4. The highest BCUT2D eigenvalue weighted by Gasteiger charge is 2.10. The maximum atomic E-state index is 4.38. The third-order valence-corrected chi connectivity index (χ3v) is 3.77. The predicted octanol–water partition coefficient (Wildman–Crippen LogP) is 3.73. The Morgan fingerprint density at radius 3 is 2.37 bits per heavy atom. The summed E-state index contributed by atoms with van der Waals surface area (Å²) in [6.45, 7) is 3.59. The average Bonchev–Trinajstić information content (AvgIpc) is 2.50. The van der Waals surface area contributed by atoms with Crippen LogP contribution in [0.4, 0.5) is 0 Å². The van der Waals surface area contributed by atoms with Crippen molar-refractivity contribution in [3.63, 3.8) is 0 Å². The molecule has 98 valence electrons. The molecule has 0 amide bonds. The van der Waals surface area contributed by atoms with Crippen molar-refractivity contribution in [2.75, 3.05) is 13.1 Å². The zero-order chi connectivity index (χ0) is 12.9. The first-order valence-corrected chi connectivity index (χ1v) is 7.14. The molecule has 3 rings (SSSR count). The first-order valence-electron chi connectivity index (χ1n) is 7.14. The second kappa shape index (κ2) is 5.98. The lowest BCUT2D eigenvalue weighted by molar-refractivity contribution is 0.221. The van der Waals surface area contributed by atoms with Gasteiger partial charge in [0.25, 0.3) is 0 Å². The molecule has 2 aromatic rings. The molecule has 2 heteroatoms. The van der Waals surface area contributed by atoms with Crippen LogP contribution in [0, 0.1) is 0 Å². The lowest BCUT2D eigenvalue weighted by Crippen LogP contribution is -2.28. The fraction of sp³-hybridized carbons (Fsp3) is 0.353. The highest BCUT2D eigenvalue weighted by molar-refractivity contribution is 5.58. The van der Waals surface area contributed by atoms with Gasteiger partial charge in [0.15, 0.2) is 0 Å². The zero-order valence-corrected chi connectivity index (χ0v) is 11.3. The zero-order valence-electron chi connectivity index (χ0n) is 11.3. The maximum absolute atomic E-state index is 4.38. The van der Waals surface area contributed by atoms with E-state index in [0.29, 0.717) is 0 Å². The summed E-state index contributed by atoms with van der Waals surface area (Å²) in [5, 5.41) is 0. The molecule has 19 heavy (non-hydrogen) atoms. The van der Waals surface area contributed by atoms with Gasteiger partial charge in [-0.25, -0.2) is 0 Å². The van der Waals surface area contributed by atoms with E-state index in [4.69, 9.17) is 0 Å². The molecule has 2 nitrogen and oxygen atoms in total. The second-order valence-corrected chi connectivity index (χ2v) is 5.25. The maximum Gasteiger partial charge on any atom is 0.0701 e. The van der Waals surface area contributed by atoms with Crippen LogP contribution in [0.1, 0.15) is 24.8 Å². The summed E-state index contributed by atoms with van der Waals surface area (Å²) in [7, 11) is 0. The summed E-state index contributed by atoms with van der Waals surface area (Å²) in [5.41, 5.74) is 3.65. The number of rotatable bonds is 3. The van der Waals surface area contributed by atoms with E-state index in [-0.39, 0.29) is 0 Å². The number of likely N-dealkylation sites (tertiary alicyclic amines) is 1. The van der Waals surface area contributed by atoms with Crippen molar-refractivity contribution < 1.29 is 0 Å². The number of piperidine rings is 1. The van der Waals surface area contributed by atoms with E-state index in [1.165, 1.54) is 43.5 Å². The average molecular weight is 252 g/mol. The summed E-state index contributed by atoms with van der Waals surface area (Å²) in [6.07, 6.45) is 5.95. The Morgan fingerprint density at radius 2 is 1.68 bits per heavy atom. The number of benzene rings is 1. The second-order valence-electron chi connectivity index (χ2n) is 5.25. The van der Waals surface area contributed by atoms with Gasteiger partial charge >= 0.3 is 0 Å². The molecule has 0 bridgehead atoms. The number of hydrogen-bond donors (Lipinski definition) is 0. The molecule has 0 N–H and O–H groups in total. The lowest BCUT2D eigenvalue weighted by Gasteiger charge is -2.26. The van der Waals surface area contributed by atoms with Gasteiger partial charge in [0, 0.05) is 18.3 Å². The largest absolute Gasteiger partial charge is 0.299 e. The van der Waals surface area contributed by atoms with Crippen molar-refractivity contribution in [3.05, 3.63) is 54.2 Å². The molecule has 0 radical (unpaired) electrons. The minimum Gasteiger partial charge on any atom is -0.299 e. The number of hydrogen-bond acceptors (Lipinski definition) is 2. The van der Waals surface area contributed by atoms with Gasteiger partial charge in [-0.2, -0.15) is 0 Å². The molecule has 0 saturated carbocycles. The van der Waals surface area contributed by atoms with Crippen LogP contribution in [-0.4, -0.2) is 23.0 Å². The molecule has 0 aliphatic carbocycles. The summed E-state index contributed by atoms with van der Waals surface area (Å²) < 4.78 is 0. The van der Waals surface area contributed by atoms with Gasteiger partial charge in [0.1, 0.15) is 0 Å². The number of pyridine rings is 1. The first-order chi connectivity index (χ1) is 9.42. The monoisotopic (exact) mass is 252 g/mol. The minimum absolute atomic E-state index is 1.05. The smallest absolute Gasteiger partial charge is 0.0701 e. The van der Waals surface area contributed by atoms with Crippen LogP contribution in [-0.2, 0) is 6.54 Å². The van der Waals surface area contributed by atoms with Gasteiger partial charge in [-0.3, -0.25) is 9.88 Å². The van der Waals surface area contributed by atoms with Gasteiger partial charge in [-0.05, 0) is 43.6 Å². The normalized spacial score (nSPS) is 16.4. The van der Waals surface area contributed by atoms with Gasteiger partial charge in [-0.1, -0.05) is 36.8 Å². The van der Waals surface area contributed by atoms with Crippen molar-refractivity contribution in [2.24, 2.45) is 0 Å². The highest BCUT2D eigenvalue weighted by Crippen LogP contribution is 2.18. The minimum atomic E-state index is 1.05. The van der Waals surface area contributed by atoms with Crippen molar-refractivity contribution >= 4 is 0 Å². The van der Waals surface area contributed by atoms with Crippen LogP contribution in [0.5, 0.6) is 0 Å². The molecule has 0 unspecified atom stereocenters. The van der Waals surface area contributed by atoms with Crippen LogP contribution in [0.15, 0.2) is 48.7 Å². The van der Waals surface area contributed by atoms with Crippen LogP contribution < -0.4 is 0 Å². The Hall–Kier alpha value is -1.67. The molecule has 0 atom stereocenters. The lowest BCUT2D eigenvalue weighted by atomic mass is 10.1. The predicted molar refractivity (Wildman–Crippen MR) is 78.8 cm³/mol. The van der Waals surface area contributed by atoms with E-state index in [1.54, 1.807) is 0 Å². The Bertz CT molecular complexity index is 499. The molecule has 1 aromatic carbocycles. The Morgan fingerprint density at radius 1 is 0.895 bits per heavy atom. The van der Waals surface area contributed by atoms with Crippen molar-refractivity contribution in [1.29, 1.82) is 0 Å². The van der Waals surface area contributed by atoms with Crippen molar-refractivity contribution in [2.45, 2.75) is 25.8 Å². The molecule has 1 aromatic heterocycles. The van der Waals surface area contributed by atoms with Crippen molar-refractivity contribution in [1.82, 2.24) is 9.88 Å². The highest BCUT2D eigenvalue weighted by atomic mass is 15.1. The third kappa shape index (κ3) is 3.21. The van der Waals surface area contributed by atoms with Gasteiger partial charge in [0.2, 0.25) is 0 Å². The fourth-order valence-corrected chi connectivity index (χ4v) is 2.69. The number of nitrogens with zero attached hydrogens (tertiary/aromatic N) is 2. The van der Waals surface area contributed by atoms with E-state index in [0.717, 1.165) is 12.2 Å². The van der Waals surface area contributed by atoms with E-state index in [2.05, 4.69) is 40.2 Å². The fourth-order valence-electron chi connectivity index (χ4n) is 2.69. The Kier molecular flexibility index (Phi) is 3.89. The molecule has 1 fully saturated rings. The van der Waals surface area contributed by atoms with Gasteiger partial charge < -0.3 is 0 Å². The van der Waals surface area contributed by atoms with Gasteiger partial charge in [-0.15, -0.1) is 0 Å². The van der Waals surface area contributed by atoms with E-state index >= 15 is 0 Å². The van der Waals surface area contributed by atoms with Crippen LogP contribution >= 0.6 is 0 Å². The molecule has 1 saturated heterocycles. The number of aromatic nitrogens is 1. The van der Waals surface area contributed by atoms with E-state index in [1.807, 2.05) is 18.3 Å². The summed E-state index contributed by atoms with van der Waals surface area (Å²) in [4.78, 5) is 6.94. The van der Waals surface area contributed by atoms with Crippen LogP contribution in [0.3, 0.4) is 0 Å². The molecule has 1 aliphatic rings. The third-order valence-electron chi connectivity index (χ3n) is 3.77. The SMILES string of the molecule is c1ccc(-c2ccc(CN3CCCCC3)cc2)nc1. The van der Waals surface area contributed by atoms with Crippen molar-refractivity contribution in [3.8, 4) is 11.3 Å². The standard InChI is InChI=1S/C17H20N2/c1-4-12-19(13-5-1)14-15-7-9-16(10-8-15)17-6-2-3-11-18-17/h2-3,6-11H,1,4-5,12-14H2. The van der Waals surface area contributed by atoms with Crippen LogP contribution in [0.25, 0.3) is 11.3 Å². The van der Waals surface area contributed by atoms with E-state index in [9.17, 15) is 0 Å². The van der Waals surface area contributed by atoms with Gasteiger partial charge in [0.05, 0.1) is 5.69 Å².